The summed E-state index contributed by atoms with van der Waals surface area (Å²) in [7, 11) is 3.96. The molecule has 0 spiro atoms. The summed E-state index contributed by atoms with van der Waals surface area (Å²) in [5.41, 5.74) is 2.58. The quantitative estimate of drug-likeness (QED) is 0.612. The molecule has 0 aliphatic carbocycles. The molecule has 2 rings (SSSR count). The van der Waals surface area contributed by atoms with E-state index in [2.05, 4.69) is 46.9 Å². The zero-order valence-electron chi connectivity index (χ0n) is 20.2. The molecule has 6 nitrogen and oxygen atoms in total. The van der Waals surface area contributed by atoms with Crippen molar-refractivity contribution >= 4 is 23.2 Å². The summed E-state index contributed by atoms with van der Waals surface area (Å²) in [6.45, 7) is 13.1. The average Bonchev–Trinajstić information content (AvgIpc) is 3.18. The van der Waals surface area contributed by atoms with Crippen molar-refractivity contribution in [1.82, 2.24) is 4.90 Å². The first-order valence-electron chi connectivity index (χ1n) is 10.8. The van der Waals surface area contributed by atoms with Crippen molar-refractivity contribution < 1.29 is 14.0 Å². The Hall–Kier alpha value is -2.76. The van der Waals surface area contributed by atoms with Crippen LogP contribution in [0.4, 0.5) is 11.4 Å². The molecule has 0 saturated carbocycles. The molecule has 0 fully saturated rings. The number of anilines is 2. The third kappa shape index (κ3) is 6.88. The number of carbonyl (C=O) groups is 2. The fraction of sp³-hybridized carbons (Fsp3) is 0.520. The third-order valence-corrected chi connectivity index (χ3v) is 5.36. The van der Waals surface area contributed by atoms with Crippen LogP contribution in [0.1, 0.15) is 64.1 Å². The van der Waals surface area contributed by atoms with Gasteiger partial charge in [0, 0.05) is 44.5 Å². The summed E-state index contributed by atoms with van der Waals surface area (Å²) < 4.78 is 5.19. The largest absolute Gasteiger partial charge is 0.459 e. The zero-order chi connectivity index (χ0) is 23.3. The van der Waals surface area contributed by atoms with Gasteiger partial charge >= 0.3 is 0 Å². The molecule has 0 aliphatic heterocycles. The van der Waals surface area contributed by atoms with Crippen LogP contribution in [0.2, 0.25) is 0 Å². The molecule has 1 atom stereocenters. The molecular formula is C25H37N3O3. The van der Waals surface area contributed by atoms with E-state index < -0.39 is 0 Å². The SMILES string of the molecule is CC(C)[C@@H](C)N(Cc1cc(NC(=O)c2ccco2)ccc1N(C)C)C(=O)CC(C)(C)C. The Balaban J connectivity index is 2.36. The lowest BCUT2D eigenvalue weighted by atomic mass is 9.90. The highest BCUT2D eigenvalue weighted by atomic mass is 16.3. The van der Waals surface area contributed by atoms with Crippen molar-refractivity contribution in [3.63, 3.8) is 0 Å². The Kier molecular flexibility index (Phi) is 7.93. The highest BCUT2D eigenvalue weighted by Gasteiger charge is 2.27. The molecule has 1 heterocycles. The number of rotatable bonds is 8. The standard InChI is InChI=1S/C25H37N3O3/c1-17(2)18(3)28(23(29)15-25(4,5)6)16-19-14-20(11-12-21(19)27(7)8)26-24(30)22-10-9-13-31-22/h9-14,17-18H,15-16H2,1-8H3,(H,26,30)/t18-/m1/s1. The molecule has 1 aromatic heterocycles. The molecule has 1 aromatic carbocycles. The van der Waals surface area contributed by atoms with E-state index in [0.717, 1.165) is 11.3 Å². The van der Waals surface area contributed by atoms with Crippen LogP contribution < -0.4 is 10.2 Å². The highest BCUT2D eigenvalue weighted by molar-refractivity contribution is 6.02. The van der Waals surface area contributed by atoms with Crippen LogP contribution in [0.15, 0.2) is 41.0 Å². The van der Waals surface area contributed by atoms with Crippen LogP contribution >= 0.6 is 0 Å². The average molecular weight is 428 g/mol. The first-order chi connectivity index (χ1) is 14.4. The molecule has 0 radical (unpaired) electrons. The van der Waals surface area contributed by atoms with Crippen LogP contribution in [-0.2, 0) is 11.3 Å². The summed E-state index contributed by atoms with van der Waals surface area (Å²) >= 11 is 0. The highest BCUT2D eigenvalue weighted by Crippen LogP contribution is 2.28. The van der Waals surface area contributed by atoms with Gasteiger partial charge in [0.15, 0.2) is 5.76 Å². The van der Waals surface area contributed by atoms with Gasteiger partial charge in [-0.3, -0.25) is 9.59 Å². The minimum atomic E-state index is -0.301. The number of amides is 2. The molecule has 0 aliphatic rings. The second kappa shape index (κ2) is 10.0. The van der Waals surface area contributed by atoms with Crippen LogP contribution in [0.3, 0.4) is 0 Å². The van der Waals surface area contributed by atoms with E-state index >= 15 is 0 Å². The number of furan rings is 1. The first-order valence-corrected chi connectivity index (χ1v) is 10.8. The van der Waals surface area contributed by atoms with Gasteiger partial charge in [0.05, 0.1) is 6.26 Å². The lowest BCUT2D eigenvalue weighted by Gasteiger charge is -2.35. The number of carbonyl (C=O) groups excluding carboxylic acids is 2. The molecule has 2 amide bonds. The predicted octanol–water partition coefficient (Wildman–Crippen LogP) is 5.41. The second-order valence-electron chi connectivity index (χ2n) is 9.91. The van der Waals surface area contributed by atoms with Crippen LogP contribution in [0, 0.1) is 11.3 Å². The molecule has 1 N–H and O–H groups in total. The summed E-state index contributed by atoms with van der Waals surface area (Å²) in [4.78, 5) is 29.6. The second-order valence-corrected chi connectivity index (χ2v) is 9.91. The summed E-state index contributed by atoms with van der Waals surface area (Å²) in [5, 5.41) is 2.89. The van der Waals surface area contributed by atoms with Gasteiger partial charge in [0.25, 0.3) is 5.91 Å². The van der Waals surface area contributed by atoms with Crippen LogP contribution in [0.5, 0.6) is 0 Å². The maximum absolute atomic E-state index is 13.2. The van der Waals surface area contributed by atoms with E-state index in [9.17, 15) is 9.59 Å². The molecule has 6 heteroatoms. The zero-order valence-corrected chi connectivity index (χ0v) is 20.2. The minimum Gasteiger partial charge on any atom is -0.459 e. The van der Waals surface area contributed by atoms with Crippen LogP contribution in [0.25, 0.3) is 0 Å². The van der Waals surface area contributed by atoms with Gasteiger partial charge in [-0.1, -0.05) is 34.6 Å². The Morgan fingerprint density at radius 3 is 2.29 bits per heavy atom. The van der Waals surface area contributed by atoms with Gasteiger partial charge in [0.2, 0.25) is 5.91 Å². The monoisotopic (exact) mass is 427 g/mol. The Morgan fingerprint density at radius 1 is 1.10 bits per heavy atom. The van der Waals surface area contributed by atoms with E-state index in [1.807, 2.05) is 42.1 Å². The topological polar surface area (TPSA) is 65.8 Å². The van der Waals surface area contributed by atoms with Crippen molar-refractivity contribution in [1.29, 1.82) is 0 Å². The summed E-state index contributed by atoms with van der Waals surface area (Å²) in [5.74, 6) is 0.426. The van der Waals surface area contributed by atoms with E-state index in [0.29, 0.717) is 24.6 Å². The molecule has 31 heavy (non-hydrogen) atoms. The number of nitrogens with zero attached hydrogens (tertiary/aromatic N) is 2. The van der Waals surface area contributed by atoms with Gasteiger partial charge in [0.1, 0.15) is 0 Å². The van der Waals surface area contributed by atoms with Gasteiger partial charge in [-0.2, -0.15) is 0 Å². The lowest BCUT2D eigenvalue weighted by molar-refractivity contribution is -0.136. The molecule has 0 saturated heterocycles. The first kappa shape index (κ1) is 24.5. The minimum absolute atomic E-state index is 0.0880. The number of hydrogen-bond acceptors (Lipinski definition) is 4. The normalized spacial score (nSPS) is 12.5. The van der Waals surface area contributed by atoms with Gasteiger partial charge in [-0.05, 0) is 54.2 Å². The molecule has 0 bridgehead atoms. The molecule has 2 aromatic rings. The number of benzene rings is 1. The van der Waals surface area contributed by atoms with Gasteiger partial charge < -0.3 is 19.5 Å². The van der Waals surface area contributed by atoms with Crippen molar-refractivity contribution in [2.75, 3.05) is 24.3 Å². The van der Waals surface area contributed by atoms with Crippen molar-refractivity contribution in [2.45, 2.75) is 60.5 Å². The van der Waals surface area contributed by atoms with Crippen molar-refractivity contribution in [3.05, 3.63) is 47.9 Å². The predicted molar refractivity (Wildman–Crippen MR) is 126 cm³/mol. The van der Waals surface area contributed by atoms with Crippen molar-refractivity contribution in [2.24, 2.45) is 11.3 Å². The maximum atomic E-state index is 13.2. The Labute approximate surface area is 186 Å². The molecule has 170 valence electrons. The fourth-order valence-corrected chi connectivity index (χ4v) is 3.38. The molecular weight excluding hydrogens is 390 g/mol. The number of hydrogen-bond donors (Lipinski definition) is 1. The van der Waals surface area contributed by atoms with Gasteiger partial charge in [-0.25, -0.2) is 0 Å². The Morgan fingerprint density at radius 2 is 1.77 bits per heavy atom. The van der Waals surface area contributed by atoms with E-state index in [1.165, 1.54) is 6.26 Å². The number of nitrogens with one attached hydrogen (secondary N) is 1. The van der Waals surface area contributed by atoms with Gasteiger partial charge in [-0.15, -0.1) is 0 Å². The fourth-order valence-electron chi connectivity index (χ4n) is 3.38. The smallest absolute Gasteiger partial charge is 0.291 e. The van der Waals surface area contributed by atoms with Crippen molar-refractivity contribution in [3.8, 4) is 0 Å². The van der Waals surface area contributed by atoms with E-state index in [1.54, 1.807) is 12.1 Å². The van der Waals surface area contributed by atoms with Crippen LogP contribution in [-0.4, -0.2) is 36.9 Å². The Bertz CT molecular complexity index is 880. The molecule has 0 unspecified atom stereocenters. The van der Waals surface area contributed by atoms with E-state index in [-0.39, 0.29) is 29.0 Å². The maximum Gasteiger partial charge on any atom is 0.291 e. The summed E-state index contributed by atoms with van der Waals surface area (Å²) in [6, 6.07) is 9.18. The summed E-state index contributed by atoms with van der Waals surface area (Å²) in [6.07, 6.45) is 1.96. The third-order valence-electron chi connectivity index (χ3n) is 5.36. The lowest BCUT2D eigenvalue weighted by Crippen LogP contribution is -2.42. The van der Waals surface area contributed by atoms with E-state index in [4.69, 9.17) is 4.42 Å².